The second-order valence-electron chi connectivity index (χ2n) is 2.11. The fraction of sp³-hybridized carbons (Fsp3) is 0.400. The summed E-state index contributed by atoms with van der Waals surface area (Å²) in [7, 11) is 1.23. The fourth-order valence-corrected chi connectivity index (χ4v) is 0.759. The Kier molecular flexibility index (Phi) is 2.03. The minimum absolute atomic E-state index is 0.457. The average Bonchev–Trinajstić information content (AvgIpc) is 2.30. The monoisotopic (exact) mass is 177 g/mol. The predicted molar refractivity (Wildman–Crippen MR) is 34.8 cm³/mol. The van der Waals surface area contributed by atoms with Crippen molar-refractivity contribution in [1.82, 2.24) is 9.78 Å². The molecular weight excluding hydrogens is 172 g/mol. The number of aromatic nitrogens is 2. The van der Waals surface area contributed by atoms with Crippen molar-refractivity contribution in [3.05, 3.63) is 21.9 Å². The van der Waals surface area contributed by atoms with Crippen LogP contribution >= 0.6 is 0 Å². The second-order valence-corrected chi connectivity index (χ2v) is 2.11. The molecule has 0 amide bonds. The van der Waals surface area contributed by atoms with Crippen LogP contribution in [-0.4, -0.2) is 14.7 Å². The summed E-state index contributed by atoms with van der Waals surface area (Å²) in [5.41, 5.74) is -0.457. The molecule has 0 saturated carbocycles. The summed E-state index contributed by atoms with van der Waals surface area (Å²) in [6.45, 7) is 0. The molecule has 0 aliphatic carbocycles. The molecule has 1 rings (SSSR count). The molecule has 1 aromatic rings. The quantitative estimate of drug-likeness (QED) is 0.504. The van der Waals surface area contributed by atoms with E-state index in [4.69, 9.17) is 0 Å². The smallest absolute Gasteiger partial charge is 0.358 e. The van der Waals surface area contributed by atoms with E-state index in [2.05, 4.69) is 5.10 Å². The molecule has 0 atom stereocenters. The highest BCUT2D eigenvalue weighted by molar-refractivity contribution is 5.22. The van der Waals surface area contributed by atoms with Crippen LogP contribution in [0.2, 0.25) is 0 Å². The molecule has 0 saturated heterocycles. The summed E-state index contributed by atoms with van der Waals surface area (Å²) < 4.78 is 24.8. The molecule has 0 unspecified atom stereocenters. The Morgan fingerprint density at radius 2 is 2.33 bits per heavy atom. The van der Waals surface area contributed by atoms with Crippen molar-refractivity contribution >= 4 is 5.82 Å². The summed E-state index contributed by atoms with van der Waals surface area (Å²) >= 11 is 0. The molecule has 1 aromatic heterocycles. The van der Waals surface area contributed by atoms with E-state index in [-0.39, 0.29) is 0 Å². The maximum Gasteiger partial charge on any atom is 0.390 e. The molecule has 0 aromatic carbocycles. The molecule has 5 nitrogen and oxygen atoms in total. The summed E-state index contributed by atoms with van der Waals surface area (Å²) in [5, 5.41) is 13.3. The van der Waals surface area contributed by atoms with Gasteiger partial charge in [0.1, 0.15) is 5.69 Å². The van der Waals surface area contributed by atoms with Crippen molar-refractivity contribution in [3.63, 3.8) is 0 Å². The van der Waals surface area contributed by atoms with E-state index in [1.807, 2.05) is 0 Å². The van der Waals surface area contributed by atoms with Gasteiger partial charge in [-0.3, -0.25) is 0 Å². The maximum atomic E-state index is 12.0. The van der Waals surface area contributed by atoms with Gasteiger partial charge in [-0.1, -0.05) is 0 Å². The van der Waals surface area contributed by atoms with Gasteiger partial charge in [0.2, 0.25) is 0 Å². The van der Waals surface area contributed by atoms with E-state index in [1.165, 1.54) is 7.05 Å². The SMILES string of the molecule is Cn1nc([N+](=O)[O-])cc1C(F)F. The number of nitro groups is 1. The Morgan fingerprint density at radius 1 is 1.75 bits per heavy atom. The Hall–Kier alpha value is -1.53. The summed E-state index contributed by atoms with van der Waals surface area (Å²) in [6.07, 6.45) is -2.74. The number of aryl methyl sites for hydroxylation is 1. The molecule has 0 radical (unpaired) electrons. The average molecular weight is 177 g/mol. The molecular formula is C5H5F2N3O2. The lowest BCUT2D eigenvalue weighted by atomic mass is 10.4. The molecule has 7 heteroatoms. The van der Waals surface area contributed by atoms with E-state index >= 15 is 0 Å². The number of rotatable bonds is 2. The van der Waals surface area contributed by atoms with Crippen molar-refractivity contribution < 1.29 is 13.7 Å². The topological polar surface area (TPSA) is 61.0 Å². The van der Waals surface area contributed by atoms with Gasteiger partial charge in [0.05, 0.1) is 18.2 Å². The van der Waals surface area contributed by atoms with Crippen LogP contribution < -0.4 is 0 Å². The van der Waals surface area contributed by atoms with Crippen molar-refractivity contribution in [2.75, 3.05) is 0 Å². The lowest BCUT2D eigenvalue weighted by Gasteiger charge is -1.92. The third-order valence-corrected chi connectivity index (χ3v) is 1.31. The molecule has 0 fully saturated rings. The van der Waals surface area contributed by atoms with E-state index in [1.54, 1.807) is 0 Å². The van der Waals surface area contributed by atoms with E-state index in [0.717, 1.165) is 10.7 Å². The van der Waals surface area contributed by atoms with Crippen molar-refractivity contribution in [2.45, 2.75) is 6.43 Å². The first-order chi connectivity index (χ1) is 5.52. The lowest BCUT2D eigenvalue weighted by molar-refractivity contribution is -0.389. The molecule has 0 aliphatic rings. The van der Waals surface area contributed by atoms with Crippen LogP contribution in [0.4, 0.5) is 14.6 Å². The highest BCUT2D eigenvalue weighted by Crippen LogP contribution is 2.21. The van der Waals surface area contributed by atoms with Crippen LogP contribution in [0.15, 0.2) is 6.07 Å². The zero-order valence-electron chi connectivity index (χ0n) is 6.07. The third-order valence-electron chi connectivity index (χ3n) is 1.31. The summed E-state index contributed by atoms with van der Waals surface area (Å²) in [6, 6.07) is 0.755. The highest BCUT2D eigenvalue weighted by atomic mass is 19.3. The Balaban J connectivity index is 3.09. The first kappa shape index (κ1) is 8.57. The third kappa shape index (κ3) is 1.39. The van der Waals surface area contributed by atoms with Crippen LogP contribution in [0, 0.1) is 10.1 Å². The van der Waals surface area contributed by atoms with Crippen LogP contribution in [0.25, 0.3) is 0 Å². The molecule has 0 spiro atoms. The highest BCUT2D eigenvalue weighted by Gasteiger charge is 2.21. The molecule has 0 bridgehead atoms. The second kappa shape index (κ2) is 2.84. The van der Waals surface area contributed by atoms with Crippen LogP contribution in [-0.2, 0) is 7.05 Å². The van der Waals surface area contributed by atoms with Gasteiger partial charge in [-0.25, -0.2) is 8.78 Å². The number of hydrogen-bond donors (Lipinski definition) is 0. The van der Waals surface area contributed by atoms with Gasteiger partial charge in [0.25, 0.3) is 6.43 Å². The molecule has 12 heavy (non-hydrogen) atoms. The molecule has 1 heterocycles. The Labute approximate surface area is 65.8 Å². The minimum Gasteiger partial charge on any atom is -0.358 e. The van der Waals surface area contributed by atoms with Gasteiger partial charge in [-0.15, -0.1) is 0 Å². The number of alkyl halides is 2. The van der Waals surface area contributed by atoms with Crippen LogP contribution in [0.3, 0.4) is 0 Å². The number of nitrogens with zero attached hydrogens (tertiary/aromatic N) is 3. The largest absolute Gasteiger partial charge is 0.390 e. The van der Waals surface area contributed by atoms with Gasteiger partial charge in [-0.05, 0) is 4.92 Å². The molecule has 0 N–H and O–H groups in total. The van der Waals surface area contributed by atoms with Crippen molar-refractivity contribution in [2.24, 2.45) is 7.05 Å². The van der Waals surface area contributed by atoms with Gasteiger partial charge in [-0.2, -0.15) is 4.68 Å². The number of halogens is 2. The predicted octanol–water partition coefficient (Wildman–Crippen LogP) is 1.27. The van der Waals surface area contributed by atoms with Crippen LogP contribution in [0.1, 0.15) is 12.1 Å². The molecule has 66 valence electrons. The van der Waals surface area contributed by atoms with Crippen LogP contribution in [0.5, 0.6) is 0 Å². The van der Waals surface area contributed by atoms with Crippen molar-refractivity contribution in [1.29, 1.82) is 0 Å². The fourth-order valence-electron chi connectivity index (χ4n) is 0.759. The Morgan fingerprint density at radius 3 is 2.58 bits per heavy atom. The van der Waals surface area contributed by atoms with Gasteiger partial charge >= 0.3 is 5.82 Å². The van der Waals surface area contributed by atoms with Gasteiger partial charge < -0.3 is 10.1 Å². The van der Waals surface area contributed by atoms with E-state index in [9.17, 15) is 18.9 Å². The van der Waals surface area contributed by atoms with Crippen molar-refractivity contribution in [3.8, 4) is 0 Å². The Bertz CT molecular complexity index is 310. The zero-order chi connectivity index (χ0) is 9.30. The first-order valence-electron chi connectivity index (χ1n) is 2.99. The van der Waals surface area contributed by atoms with E-state index < -0.39 is 22.9 Å². The first-order valence-corrected chi connectivity index (χ1v) is 2.99. The molecule has 0 aliphatic heterocycles. The van der Waals surface area contributed by atoms with Gasteiger partial charge in [0, 0.05) is 0 Å². The summed E-state index contributed by atoms with van der Waals surface area (Å²) in [5.74, 6) is -0.562. The maximum absolute atomic E-state index is 12.0. The van der Waals surface area contributed by atoms with Gasteiger partial charge in [0.15, 0.2) is 0 Å². The summed E-state index contributed by atoms with van der Waals surface area (Å²) in [4.78, 5) is 9.26. The lowest BCUT2D eigenvalue weighted by Crippen LogP contribution is -1.98. The van der Waals surface area contributed by atoms with E-state index in [0.29, 0.717) is 0 Å². The standard InChI is InChI=1S/C5H5F2N3O2/c1-9-3(5(6)7)2-4(8-9)10(11)12/h2,5H,1H3. The zero-order valence-corrected chi connectivity index (χ0v) is 6.07. The minimum atomic E-state index is -2.74. The normalized spacial score (nSPS) is 10.7. The number of hydrogen-bond acceptors (Lipinski definition) is 3.